The third-order valence-corrected chi connectivity index (χ3v) is 2.29. The largest absolute Gasteiger partial charge is 0.365 e. The van der Waals surface area contributed by atoms with Gasteiger partial charge in [-0.05, 0) is 11.5 Å². The van der Waals surface area contributed by atoms with Gasteiger partial charge >= 0.3 is 0 Å². The maximum Gasteiger partial charge on any atom is 0.285 e. The molecule has 0 aliphatic rings. The fourth-order valence-electron chi connectivity index (χ4n) is 1.54. The number of amides is 1. The van der Waals surface area contributed by atoms with E-state index in [4.69, 9.17) is 5.73 Å². The molecule has 0 aromatic heterocycles. The molecule has 0 fully saturated rings. The molecule has 1 amide bonds. The summed E-state index contributed by atoms with van der Waals surface area (Å²) in [6.45, 7) is 5.54. The molecule has 0 spiro atoms. The number of hydrogen-bond donors (Lipinski definition) is 1. The van der Waals surface area contributed by atoms with Crippen molar-refractivity contribution in [3.05, 3.63) is 39.4 Å². The van der Waals surface area contributed by atoms with Crippen LogP contribution in [0.15, 0.2) is 18.2 Å². The summed E-state index contributed by atoms with van der Waals surface area (Å²) in [7, 11) is 0. The van der Waals surface area contributed by atoms with Crippen LogP contribution < -0.4 is 5.73 Å². The van der Waals surface area contributed by atoms with Crippen molar-refractivity contribution >= 4 is 11.6 Å². The first-order chi connectivity index (χ1) is 7.25. The van der Waals surface area contributed by atoms with E-state index in [-0.39, 0.29) is 11.3 Å². The Morgan fingerprint density at radius 3 is 2.31 bits per heavy atom. The van der Waals surface area contributed by atoms with Crippen molar-refractivity contribution in [1.82, 2.24) is 0 Å². The van der Waals surface area contributed by atoms with Gasteiger partial charge in [-0.3, -0.25) is 14.9 Å². The van der Waals surface area contributed by atoms with E-state index in [9.17, 15) is 14.9 Å². The van der Waals surface area contributed by atoms with Gasteiger partial charge in [0.15, 0.2) is 0 Å². The second-order valence-corrected chi connectivity index (χ2v) is 4.57. The van der Waals surface area contributed by atoms with Crippen LogP contribution in [0.2, 0.25) is 0 Å². The lowest BCUT2D eigenvalue weighted by Crippen LogP contribution is -2.19. The highest BCUT2D eigenvalue weighted by Crippen LogP contribution is 2.33. The standard InChI is InChI=1S/C11H14N2O3/c1-11(2,3)8-6-4-5-7(10(12)14)9(8)13(15)16/h4-6H,1-3H3,(H2,12,14). The van der Waals surface area contributed by atoms with E-state index in [1.165, 1.54) is 6.07 Å². The number of carbonyl (C=O) groups excluding carboxylic acids is 1. The molecule has 2 N–H and O–H groups in total. The van der Waals surface area contributed by atoms with E-state index < -0.39 is 16.2 Å². The molecular formula is C11H14N2O3. The van der Waals surface area contributed by atoms with E-state index in [0.717, 1.165) is 0 Å². The predicted molar refractivity (Wildman–Crippen MR) is 60.3 cm³/mol. The minimum Gasteiger partial charge on any atom is -0.365 e. The smallest absolute Gasteiger partial charge is 0.285 e. The van der Waals surface area contributed by atoms with Crippen LogP contribution in [-0.2, 0) is 5.41 Å². The Morgan fingerprint density at radius 2 is 1.94 bits per heavy atom. The summed E-state index contributed by atoms with van der Waals surface area (Å²) < 4.78 is 0. The number of hydrogen-bond acceptors (Lipinski definition) is 3. The zero-order chi connectivity index (χ0) is 12.5. The zero-order valence-corrected chi connectivity index (χ0v) is 9.48. The summed E-state index contributed by atoms with van der Waals surface area (Å²) in [5, 5.41) is 11.0. The highest BCUT2D eigenvalue weighted by atomic mass is 16.6. The maximum absolute atomic E-state index is 11.1. The number of carbonyl (C=O) groups is 1. The van der Waals surface area contributed by atoms with E-state index in [1.54, 1.807) is 12.1 Å². The van der Waals surface area contributed by atoms with Gasteiger partial charge < -0.3 is 5.73 Å². The lowest BCUT2D eigenvalue weighted by molar-refractivity contribution is -0.386. The van der Waals surface area contributed by atoms with Crippen LogP contribution in [0, 0.1) is 10.1 Å². The van der Waals surface area contributed by atoms with Crippen molar-refractivity contribution < 1.29 is 9.72 Å². The van der Waals surface area contributed by atoms with Gasteiger partial charge in [-0.2, -0.15) is 0 Å². The highest BCUT2D eigenvalue weighted by Gasteiger charge is 2.29. The lowest BCUT2D eigenvalue weighted by Gasteiger charge is -2.19. The monoisotopic (exact) mass is 222 g/mol. The third-order valence-electron chi connectivity index (χ3n) is 2.29. The third kappa shape index (κ3) is 2.18. The van der Waals surface area contributed by atoms with Crippen LogP contribution in [0.25, 0.3) is 0 Å². The summed E-state index contributed by atoms with van der Waals surface area (Å²) in [4.78, 5) is 21.6. The van der Waals surface area contributed by atoms with E-state index >= 15 is 0 Å². The summed E-state index contributed by atoms with van der Waals surface area (Å²) in [6, 6.07) is 4.62. The van der Waals surface area contributed by atoms with Gasteiger partial charge in [-0.25, -0.2) is 0 Å². The van der Waals surface area contributed by atoms with Gasteiger partial charge in [0.2, 0.25) is 0 Å². The first-order valence-electron chi connectivity index (χ1n) is 4.83. The quantitative estimate of drug-likeness (QED) is 0.613. The molecule has 0 unspecified atom stereocenters. The number of nitro groups is 1. The molecule has 86 valence electrons. The summed E-state index contributed by atoms with van der Waals surface area (Å²) >= 11 is 0. The summed E-state index contributed by atoms with van der Waals surface area (Å²) in [5.41, 5.74) is 4.98. The molecule has 1 rings (SSSR count). The van der Waals surface area contributed by atoms with E-state index in [1.807, 2.05) is 20.8 Å². The fourth-order valence-corrected chi connectivity index (χ4v) is 1.54. The second kappa shape index (κ2) is 3.92. The van der Waals surface area contributed by atoms with E-state index in [0.29, 0.717) is 5.56 Å². The van der Waals surface area contributed by atoms with Gasteiger partial charge in [0.05, 0.1) is 4.92 Å². The molecule has 0 heterocycles. The van der Waals surface area contributed by atoms with Crippen LogP contribution in [0.3, 0.4) is 0 Å². The summed E-state index contributed by atoms with van der Waals surface area (Å²) in [5.74, 6) is -0.780. The van der Waals surface area contributed by atoms with Gasteiger partial charge in [-0.1, -0.05) is 32.9 Å². The van der Waals surface area contributed by atoms with Gasteiger partial charge in [-0.15, -0.1) is 0 Å². The van der Waals surface area contributed by atoms with E-state index in [2.05, 4.69) is 0 Å². The molecule has 16 heavy (non-hydrogen) atoms. The summed E-state index contributed by atoms with van der Waals surface area (Å²) in [6.07, 6.45) is 0. The van der Waals surface area contributed by atoms with Crippen LogP contribution in [0.1, 0.15) is 36.7 Å². The predicted octanol–water partition coefficient (Wildman–Crippen LogP) is 1.99. The zero-order valence-electron chi connectivity index (χ0n) is 9.48. The fraction of sp³-hybridized carbons (Fsp3) is 0.364. The van der Waals surface area contributed by atoms with Crippen LogP contribution in [0.4, 0.5) is 5.69 Å². The number of primary amides is 1. The van der Waals surface area contributed by atoms with Gasteiger partial charge in [0.25, 0.3) is 11.6 Å². The SMILES string of the molecule is CC(C)(C)c1cccc(C(N)=O)c1[N+](=O)[O-]. The Hall–Kier alpha value is -1.91. The van der Waals surface area contributed by atoms with Crippen molar-refractivity contribution in [3.8, 4) is 0 Å². The average Bonchev–Trinajstić information content (AvgIpc) is 2.14. The molecule has 1 aromatic carbocycles. The Labute approximate surface area is 93.4 Å². The molecule has 0 aliphatic heterocycles. The lowest BCUT2D eigenvalue weighted by atomic mass is 9.84. The molecule has 0 atom stereocenters. The van der Waals surface area contributed by atoms with Crippen LogP contribution >= 0.6 is 0 Å². The average molecular weight is 222 g/mol. The molecule has 0 radical (unpaired) electrons. The van der Waals surface area contributed by atoms with Crippen molar-refractivity contribution in [1.29, 1.82) is 0 Å². The number of para-hydroxylation sites is 1. The van der Waals surface area contributed by atoms with Crippen molar-refractivity contribution in [2.24, 2.45) is 5.73 Å². The van der Waals surface area contributed by atoms with Gasteiger partial charge in [0.1, 0.15) is 5.56 Å². The number of nitrogens with two attached hydrogens (primary N) is 1. The molecular weight excluding hydrogens is 208 g/mol. The highest BCUT2D eigenvalue weighted by molar-refractivity contribution is 5.97. The Morgan fingerprint density at radius 1 is 1.38 bits per heavy atom. The van der Waals surface area contributed by atoms with Crippen molar-refractivity contribution in [3.63, 3.8) is 0 Å². The van der Waals surface area contributed by atoms with Crippen molar-refractivity contribution in [2.75, 3.05) is 0 Å². The number of nitro benzene ring substituents is 1. The Kier molecular flexibility index (Phi) is 2.98. The Balaban J connectivity index is 3.58. The second-order valence-electron chi connectivity index (χ2n) is 4.57. The topological polar surface area (TPSA) is 86.2 Å². The molecule has 5 heteroatoms. The first kappa shape index (κ1) is 12.2. The number of rotatable bonds is 2. The molecule has 5 nitrogen and oxygen atoms in total. The normalized spacial score (nSPS) is 11.2. The van der Waals surface area contributed by atoms with Gasteiger partial charge in [0, 0.05) is 5.56 Å². The minimum absolute atomic E-state index is 0.0441. The maximum atomic E-state index is 11.1. The number of benzene rings is 1. The molecule has 0 saturated heterocycles. The first-order valence-corrected chi connectivity index (χ1v) is 4.83. The van der Waals surface area contributed by atoms with Crippen molar-refractivity contribution in [2.45, 2.75) is 26.2 Å². The molecule has 0 saturated carbocycles. The molecule has 0 aliphatic carbocycles. The molecule has 0 bridgehead atoms. The van der Waals surface area contributed by atoms with Crippen LogP contribution in [0.5, 0.6) is 0 Å². The van der Waals surface area contributed by atoms with Crippen LogP contribution in [-0.4, -0.2) is 10.8 Å². The Bertz CT molecular complexity index is 447. The molecule has 1 aromatic rings. The minimum atomic E-state index is -0.780. The number of nitrogens with zero attached hydrogens (tertiary/aromatic N) is 1.